The summed E-state index contributed by atoms with van der Waals surface area (Å²) in [6, 6.07) is 6.35. The highest BCUT2D eigenvalue weighted by atomic mass is 35.5. The Hall–Kier alpha value is -1.99. The van der Waals surface area contributed by atoms with Gasteiger partial charge in [0.15, 0.2) is 0 Å². The van der Waals surface area contributed by atoms with Gasteiger partial charge in [-0.2, -0.15) is 0 Å². The fourth-order valence-corrected chi connectivity index (χ4v) is 4.20. The quantitative estimate of drug-likeness (QED) is 0.869. The summed E-state index contributed by atoms with van der Waals surface area (Å²) < 4.78 is 15.2. The minimum absolute atomic E-state index is 0. The van der Waals surface area contributed by atoms with Gasteiger partial charge in [-0.3, -0.25) is 4.79 Å². The zero-order chi connectivity index (χ0) is 18.4. The van der Waals surface area contributed by atoms with Gasteiger partial charge in [0.05, 0.1) is 5.69 Å². The molecule has 6 nitrogen and oxygen atoms in total. The summed E-state index contributed by atoms with van der Waals surface area (Å²) in [5.41, 5.74) is 6.74. The first-order valence-electron chi connectivity index (χ1n) is 9.21. The number of nitrogens with two attached hydrogens (primary N) is 1. The van der Waals surface area contributed by atoms with E-state index in [9.17, 15) is 9.18 Å². The molecule has 2 N–H and O–H groups in total. The lowest BCUT2D eigenvalue weighted by Crippen LogP contribution is -2.34. The highest BCUT2D eigenvalue weighted by Crippen LogP contribution is 2.37. The van der Waals surface area contributed by atoms with Crippen LogP contribution in [0.25, 0.3) is 5.69 Å². The lowest BCUT2D eigenvalue weighted by molar-refractivity contribution is 0.0767. The molecular formula is C19H25ClFN5O. The summed E-state index contributed by atoms with van der Waals surface area (Å²) in [6.07, 6.45) is 2.12. The second-order valence-electron chi connectivity index (χ2n) is 7.72. The third-order valence-electron chi connectivity index (χ3n) is 5.59. The molecule has 0 bridgehead atoms. The molecule has 1 aliphatic carbocycles. The Kier molecular flexibility index (Phi) is 5.53. The molecule has 0 spiro atoms. The van der Waals surface area contributed by atoms with Crippen LogP contribution < -0.4 is 5.73 Å². The van der Waals surface area contributed by atoms with Crippen LogP contribution in [0.15, 0.2) is 24.3 Å². The first kappa shape index (κ1) is 19.8. The number of hydrogen-bond acceptors (Lipinski definition) is 4. The molecule has 2 aromatic rings. The molecular weight excluding hydrogens is 369 g/mol. The molecule has 4 rings (SSSR count). The predicted molar refractivity (Wildman–Crippen MR) is 103 cm³/mol. The maximum absolute atomic E-state index is 13.6. The van der Waals surface area contributed by atoms with Crippen molar-refractivity contribution in [2.45, 2.75) is 38.6 Å². The van der Waals surface area contributed by atoms with Crippen molar-refractivity contribution in [2.75, 3.05) is 13.1 Å². The van der Waals surface area contributed by atoms with Crippen LogP contribution in [0, 0.1) is 17.7 Å². The van der Waals surface area contributed by atoms with Crippen molar-refractivity contribution in [2.24, 2.45) is 17.6 Å². The van der Waals surface area contributed by atoms with Gasteiger partial charge in [0.2, 0.25) is 5.82 Å². The molecule has 8 heteroatoms. The fraction of sp³-hybridized carbons (Fsp3) is 0.526. The van der Waals surface area contributed by atoms with E-state index in [2.05, 4.69) is 10.1 Å². The summed E-state index contributed by atoms with van der Waals surface area (Å²) in [7, 11) is 0. The highest BCUT2D eigenvalue weighted by Gasteiger charge is 2.43. The highest BCUT2D eigenvalue weighted by molar-refractivity contribution is 5.90. The number of aromatic nitrogens is 3. The SMILES string of the molecule is CC(C)c1nc(C(=O)N2CC3CCC(N)C3C2)nn1-c1cccc(F)c1.Cl. The van der Waals surface area contributed by atoms with Gasteiger partial charge in [0, 0.05) is 25.0 Å². The Bertz CT molecular complexity index is 839. The average molecular weight is 394 g/mol. The second kappa shape index (κ2) is 7.56. The summed E-state index contributed by atoms with van der Waals surface area (Å²) in [5, 5.41) is 4.42. The first-order chi connectivity index (χ1) is 12.4. The Balaban J connectivity index is 0.00000210. The van der Waals surface area contributed by atoms with E-state index in [4.69, 9.17) is 5.73 Å². The van der Waals surface area contributed by atoms with Crippen molar-refractivity contribution < 1.29 is 9.18 Å². The van der Waals surface area contributed by atoms with Crippen molar-refractivity contribution in [3.8, 4) is 5.69 Å². The number of carbonyl (C=O) groups excluding carboxylic acids is 1. The molecule has 1 aliphatic heterocycles. The van der Waals surface area contributed by atoms with Crippen molar-refractivity contribution in [3.63, 3.8) is 0 Å². The summed E-state index contributed by atoms with van der Waals surface area (Å²) >= 11 is 0. The summed E-state index contributed by atoms with van der Waals surface area (Å²) in [4.78, 5) is 19.2. The first-order valence-corrected chi connectivity index (χ1v) is 9.21. The minimum atomic E-state index is -0.345. The van der Waals surface area contributed by atoms with Gasteiger partial charge < -0.3 is 10.6 Å². The smallest absolute Gasteiger partial charge is 0.293 e. The molecule has 3 unspecified atom stereocenters. The van der Waals surface area contributed by atoms with E-state index in [-0.39, 0.29) is 41.9 Å². The molecule has 1 aromatic carbocycles. The number of rotatable bonds is 3. The van der Waals surface area contributed by atoms with E-state index >= 15 is 0 Å². The van der Waals surface area contributed by atoms with Gasteiger partial charge in [0.1, 0.15) is 11.6 Å². The monoisotopic (exact) mass is 393 g/mol. The largest absolute Gasteiger partial charge is 0.335 e. The molecule has 1 saturated carbocycles. The van der Waals surface area contributed by atoms with Crippen LogP contribution in [0.5, 0.6) is 0 Å². The molecule has 3 atom stereocenters. The van der Waals surface area contributed by atoms with Crippen LogP contribution >= 0.6 is 12.4 Å². The second-order valence-corrected chi connectivity index (χ2v) is 7.72. The molecule has 2 aliphatic rings. The number of hydrogen-bond donors (Lipinski definition) is 1. The van der Waals surface area contributed by atoms with Crippen LogP contribution in [-0.4, -0.2) is 44.7 Å². The molecule has 1 amide bonds. The lowest BCUT2D eigenvalue weighted by atomic mass is 9.98. The number of benzene rings is 1. The van der Waals surface area contributed by atoms with Gasteiger partial charge in [-0.15, -0.1) is 17.5 Å². The maximum atomic E-state index is 13.6. The van der Waals surface area contributed by atoms with Crippen LogP contribution in [0.4, 0.5) is 4.39 Å². The normalized spacial score (nSPS) is 24.2. The molecule has 0 radical (unpaired) electrons. The number of fused-ring (bicyclic) bond motifs is 1. The third-order valence-corrected chi connectivity index (χ3v) is 5.59. The van der Waals surface area contributed by atoms with E-state index < -0.39 is 0 Å². The van der Waals surface area contributed by atoms with Gasteiger partial charge >= 0.3 is 0 Å². The van der Waals surface area contributed by atoms with Gasteiger partial charge in [0.25, 0.3) is 5.91 Å². The van der Waals surface area contributed by atoms with E-state index in [1.54, 1.807) is 16.8 Å². The van der Waals surface area contributed by atoms with Crippen LogP contribution in [-0.2, 0) is 0 Å². The molecule has 2 fully saturated rings. The molecule has 146 valence electrons. The van der Waals surface area contributed by atoms with E-state index in [1.165, 1.54) is 12.1 Å². The van der Waals surface area contributed by atoms with E-state index in [1.807, 2.05) is 18.7 Å². The Labute approximate surface area is 164 Å². The van der Waals surface area contributed by atoms with Gasteiger partial charge in [-0.1, -0.05) is 19.9 Å². The topological polar surface area (TPSA) is 77.0 Å². The Morgan fingerprint density at radius 2 is 2.07 bits per heavy atom. The molecule has 1 aromatic heterocycles. The van der Waals surface area contributed by atoms with Gasteiger partial charge in [-0.25, -0.2) is 14.1 Å². The van der Waals surface area contributed by atoms with Crippen molar-refractivity contribution in [3.05, 3.63) is 41.7 Å². The van der Waals surface area contributed by atoms with Crippen LogP contribution in [0.2, 0.25) is 0 Å². The predicted octanol–water partition coefficient (Wildman–Crippen LogP) is 2.76. The lowest BCUT2D eigenvalue weighted by Gasteiger charge is -2.17. The summed E-state index contributed by atoms with van der Waals surface area (Å²) in [5.74, 6) is 1.24. The molecule has 27 heavy (non-hydrogen) atoms. The number of nitrogens with zero attached hydrogens (tertiary/aromatic N) is 4. The van der Waals surface area contributed by atoms with Crippen LogP contribution in [0.3, 0.4) is 0 Å². The van der Waals surface area contributed by atoms with Crippen molar-refractivity contribution in [1.82, 2.24) is 19.7 Å². The van der Waals surface area contributed by atoms with Gasteiger partial charge in [-0.05, 0) is 42.9 Å². The fourth-order valence-electron chi connectivity index (χ4n) is 4.20. The minimum Gasteiger partial charge on any atom is -0.335 e. The third kappa shape index (κ3) is 3.58. The zero-order valence-corrected chi connectivity index (χ0v) is 16.3. The number of likely N-dealkylation sites (tertiary alicyclic amines) is 1. The standard InChI is InChI=1S/C19H24FN5O.ClH/c1-11(2)18-22-17(23-25(18)14-5-3-4-13(20)8-14)19(26)24-9-12-6-7-16(21)15(12)10-24;/h3-5,8,11-12,15-16H,6-7,9-10,21H2,1-2H3;1H. The number of carbonyl (C=O) groups is 1. The Morgan fingerprint density at radius 1 is 1.30 bits per heavy atom. The zero-order valence-electron chi connectivity index (χ0n) is 15.5. The Morgan fingerprint density at radius 3 is 2.74 bits per heavy atom. The number of amides is 1. The van der Waals surface area contributed by atoms with Crippen molar-refractivity contribution >= 4 is 18.3 Å². The van der Waals surface area contributed by atoms with E-state index in [0.29, 0.717) is 29.9 Å². The maximum Gasteiger partial charge on any atom is 0.293 e. The van der Waals surface area contributed by atoms with Crippen molar-refractivity contribution in [1.29, 1.82) is 0 Å². The average Bonchev–Trinajstić information content (AvgIpc) is 3.30. The molecule has 2 heterocycles. The van der Waals surface area contributed by atoms with Crippen LogP contribution in [0.1, 0.15) is 49.1 Å². The number of halogens is 2. The van der Waals surface area contributed by atoms with E-state index in [0.717, 1.165) is 19.4 Å². The summed E-state index contributed by atoms with van der Waals surface area (Å²) in [6.45, 7) is 5.36. The molecule has 1 saturated heterocycles.